The lowest BCUT2D eigenvalue weighted by Gasteiger charge is -2.08. The lowest BCUT2D eigenvalue weighted by atomic mass is 10.1. The molecule has 0 fully saturated rings. The maximum Gasteiger partial charge on any atom is 0.137 e. The van der Waals surface area contributed by atoms with Gasteiger partial charge in [-0.05, 0) is 56.7 Å². The Labute approximate surface area is 124 Å². The topological polar surface area (TPSA) is 25.2 Å². The average Bonchev–Trinajstić information content (AvgIpc) is 2.86. The van der Waals surface area contributed by atoms with E-state index in [1.54, 1.807) is 6.07 Å². The summed E-state index contributed by atoms with van der Waals surface area (Å²) >= 11 is 3.29. The minimum atomic E-state index is -0.249. The van der Waals surface area contributed by atoms with Crippen LogP contribution >= 0.6 is 15.9 Å². The molecule has 0 radical (unpaired) electrons. The molecule has 1 heterocycles. The van der Waals surface area contributed by atoms with E-state index in [2.05, 4.69) is 20.5 Å². The number of benzene rings is 2. The monoisotopic (exact) mass is 333 g/mol. The predicted molar refractivity (Wildman–Crippen MR) is 81.1 cm³/mol. The predicted octanol–water partition coefficient (Wildman–Crippen LogP) is 4.08. The van der Waals surface area contributed by atoms with Crippen LogP contribution in [-0.4, -0.2) is 9.67 Å². The molecule has 1 aromatic heterocycles. The van der Waals surface area contributed by atoms with Crippen molar-refractivity contribution in [2.45, 2.75) is 13.2 Å². The molecule has 4 heteroatoms. The second kappa shape index (κ2) is 5.38. The Kier molecular flexibility index (Phi) is 3.59. The zero-order chi connectivity index (χ0) is 14.1. The molecule has 1 N–H and O–H groups in total. The molecule has 0 aliphatic rings. The van der Waals surface area contributed by atoms with E-state index in [1.165, 1.54) is 6.07 Å². The van der Waals surface area contributed by atoms with Gasteiger partial charge >= 0.3 is 0 Å². The third-order valence-electron chi connectivity index (χ3n) is 3.39. The summed E-state index contributed by atoms with van der Waals surface area (Å²) in [5.74, 6) is -0.249. The Balaban J connectivity index is 2.01. The number of hydrogen-bond donors (Lipinski definition) is 1. The van der Waals surface area contributed by atoms with Gasteiger partial charge in [-0.1, -0.05) is 18.2 Å². The normalized spacial score (nSPS) is 11.2. The fraction of sp³-hybridized carbons (Fsp3) is 0.125. The summed E-state index contributed by atoms with van der Waals surface area (Å²) < 4.78 is 16.1. The lowest BCUT2D eigenvalue weighted by Crippen LogP contribution is -1.99. The van der Waals surface area contributed by atoms with Gasteiger partial charge in [-0.2, -0.15) is 0 Å². The molecule has 0 saturated heterocycles. The van der Waals surface area contributed by atoms with Gasteiger partial charge in [0.1, 0.15) is 5.82 Å². The fourth-order valence-electron chi connectivity index (χ4n) is 2.34. The highest BCUT2D eigenvalue weighted by Gasteiger charge is 2.08. The van der Waals surface area contributed by atoms with Crippen molar-refractivity contribution >= 4 is 26.8 Å². The number of rotatable bonds is 3. The third kappa shape index (κ3) is 2.37. The number of aromatic nitrogens is 1. The zero-order valence-corrected chi connectivity index (χ0v) is 12.3. The Bertz CT molecular complexity index is 766. The number of aliphatic hydroxyl groups excluding tert-OH is 1. The summed E-state index contributed by atoms with van der Waals surface area (Å²) in [5.41, 5.74) is 2.86. The highest BCUT2D eigenvalue weighted by molar-refractivity contribution is 9.10. The molecule has 2 nitrogen and oxygen atoms in total. The molecule has 2 aromatic carbocycles. The Hall–Kier alpha value is -1.65. The number of halogens is 2. The molecule has 0 aliphatic heterocycles. The van der Waals surface area contributed by atoms with Gasteiger partial charge in [0.25, 0.3) is 0 Å². The van der Waals surface area contributed by atoms with Crippen LogP contribution in [0.4, 0.5) is 4.39 Å². The standard InChI is InChI=1S/C16H13BrFNO/c17-16-13(2-1-3-14(16)18)9-19-7-6-12-8-11(10-20)4-5-15(12)19/h1-8,20H,9-10H2. The van der Waals surface area contributed by atoms with Gasteiger partial charge in [0, 0.05) is 18.3 Å². The van der Waals surface area contributed by atoms with Gasteiger partial charge in [0.15, 0.2) is 0 Å². The smallest absolute Gasteiger partial charge is 0.137 e. The van der Waals surface area contributed by atoms with Gasteiger partial charge in [0.05, 0.1) is 11.1 Å². The lowest BCUT2D eigenvalue weighted by molar-refractivity contribution is 0.282. The van der Waals surface area contributed by atoms with E-state index < -0.39 is 0 Å². The van der Waals surface area contributed by atoms with Crippen LogP contribution in [0.2, 0.25) is 0 Å². The number of aliphatic hydroxyl groups is 1. The highest BCUT2D eigenvalue weighted by atomic mass is 79.9. The molecule has 0 bridgehead atoms. The van der Waals surface area contributed by atoms with E-state index in [1.807, 2.05) is 36.5 Å². The van der Waals surface area contributed by atoms with Crippen molar-refractivity contribution in [3.05, 3.63) is 70.1 Å². The van der Waals surface area contributed by atoms with E-state index in [0.717, 1.165) is 22.0 Å². The summed E-state index contributed by atoms with van der Waals surface area (Å²) in [6, 6.07) is 12.9. The minimum absolute atomic E-state index is 0.0383. The van der Waals surface area contributed by atoms with E-state index in [0.29, 0.717) is 11.0 Å². The summed E-state index contributed by atoms with van der Waals surface area (Å²) in [7, 11) is 0. The summed E-state index contributed by atoms with van der Waals surface area (Å²) in [6.07, 6.45) is 1.98. The Morgan fingerprint density at radius 2 is 2.00 bits per heavy atom. The second-order valence-electron chi connectivity index (χ2n) is 4.71. The molecule has 20 heavy (non-hydrogen) atoms. The minimum Gasteiger partial charge on any atom is -0.392 e. The van der Waals surface area contributed by atoms with Gasteiger partial charge < -0.3 is 9.67 Å². The molecule has 3 aromatic rings. The third-order valence-corrected chi connectivity index (χ3v) is 4.28. The van der Waals surface area contributed by atoms with Gasteiger partial charge in [0.2, 0.25) is 0 Å². The van der Waals surface area contributed by atoms with Gasteiger partial charge in [-0.15, -0.1) is 0 Å². The fourth-order valence-corrected chi connectivity index (χ4v) is 2.73. The van der Waals surface area contributed by atoms with Crippen LogP contribution in [0.15, 0.2) is 53.1 Å². The van der Waals surface area contributed by atoms with Crippen molar-refractivity contribution in [2.24, 2.45) is 0 Å². The van der Waals surface area contributed by atoms with E-state index >= 15 is 0 Å². The van der Waals surface area contributed by atoms with Crippen LogP contribution in [0.1, 0.15) is 11.1 Å². The number of hydrogen-bond acceptors (Lipinski definition) is 1. The molecule has 0 amide bonds. The van der Waals surface area contributed by atoms with Crippen LogP contribution in [0.3, 0.4) is 0 Å². The van der Waals surface area contributed by atoms with Crippen LogP contribution < -0.4 is 0 Å². The van der Waals surface area contributed by atoms with Gasteiger partial charge in [-0.25, -0.2) is 4.39 Å². The Morgan fingerprint density at radius 3 is 2.80 bits per heavy atom. The molecule has 0 aliphatic carbocycles. The molecular formula is C16H13BrFNO. The number of nitrogens with zero attached hydrogens (tertiary/aromatic N) is 1. The maximum absolute atomic E-state index is 13.5. The first kappa shape index (κ1) is 13.3. The molecule has 102 valence electrons. The molecule has 0 atom stereocenters. The number of fused-ring (bicyclic) bond motifs is 1. The van der Waals surface area contributed by atoms with Crippen molar-refractivity contribution in [2.75, 3.05) is 0 Å². The summed E-state index contributed by atoms with van der Waals surface area (Å²) in [4.78, 5) is 0. The van der Waals surface area contributed by atoms with Crippen molar-refractivity contribution in [1.82, 2.24) is 4.57 Å². The Morgan fingerprint density at radius 1 is 1.15 bits per heavy atom. The first-order valence-corrected chi connectivity index (χ1v) is 7.10. The molecule has 0 saturated carbocycles. The first-order chi connectivity index (χ1) is 9.69. The molecule has 0 spiro atoms. The van der Waals surface area contributed by atoms with Crippen molar-refractivity contribution in [3.63, 3.8) is 0 Å². The van der Waals surface area contributed by atoms with E-state index in [-0.39, 0.29) is 12.4 Å². The first-order valence-electron chi connectivity index (χ1n) is 6.30. The largest absolute Gasteiger partial charge is 0.392 e. The second-order valence-corrected chi connectivity index (χ2v) is 5.50. The SMILES string of the molecule is OCc1ccc2c(ccn2Cc2cccc(F)c2Br)c1. The molecule has 0 unspecified atom stereocenters. The van der Waals surface area contributed by atoms with Crippen LogP contribution in [-0.2, 0) is 13.2 Å². The van der Waals surface area contributed by atoms with Crippen molar-refractivity contribution < 1.29 is 9.50 Å². The summed E-state index contributed by atoms with van der Waals surface area (Å²) in [5, 5.41) is 10.2. The van der Waals surface area contributed by atoms with Crippen molar-refractivity contribution in [3.8, 4) is 0 Å². The highest BCUT2D eigenvalue weighted by Crippen LogP contribution is 2.24. The van der Waals surface area contributed by atoms with Gasteiger partial charge in [-0.3, -0.25) is 0 Å². The molecule has 3 rings (SSSR count). The van der Waals surface area contributed by atoms with Crippen molar-refractivity contribution in [1.29, 1.82) is 0 Å². The quantitative estimate of drug-likeness (QED) is 0.767. The van der Waals surface area contributed by atoms with Crippen LogP contribution in [0.5, 0.6) is 0 Å². The van der Waals surface area contributed by atoms with E-state index in [9.17, 15) is 4.39 Å². The van der Waals surface area contributed by atoms with Crippen LogP contribution in [0.25, 0.3) is 10.9 Å². The molecular weight excluding hydrogens is 321 g/mol. The van der Waals surface area contributed by atoms with Crippen LogP contribution in [0, 0.1) is 5.82 Å². The average molecular weight is 334 g/mol. The zero-order valence-electron chi connectivity index (χ0n) is 10.7. The van der Waals surface area contributed by atoms with E-state index in [4.69, 9.17) is 5.11 Å². The maximum atomic E-state index is 13.5. The summed E-state index contributed by atoms with van der Waals surface area (Å²) in [6.45, 7) is 0.636.